The van der Waals surface area contributed by atoms with Gasteiger partial charge in [0.2, 0.25) is 0 Å². The predicted molar refractivity (Wildman–Crippen MR) is 153 cm³/mol. The molecule has 0 fully saturated rings. The quantitative estimate of drug-likeness (QED) is 0.252. The molecule has 0 bridgehead atoms. The summed E-state index contributed by atoms with van der Waals surface area (Å²) < 4.78 is 0. The molecule has 37 heavy (non-hydrogen) atoms. The van der Waals surface area contributed by atoms with Crippen LogP contribution in [0.2, 0.25) is 5.02 Å². The number of rotatable bonds is 8. The molecule has 0 saturated heterocycles. The molecule has 194 valence electrons. The lowest BCUT2D eigenvalue weighted by Crippen LogP contribution is -2.18. The van der Waals surface area contributed by atoms with Crippen LogP contribution < -0.4 is 0 Å². The zero-order valence-electron chi connectivity index (χ0n) is 22.6. The van der Waals surface area contributed by atoms with Crippen molar-refractivity contribution in [2.75, 3.05) is 6.54 Å². The van der Waals surface area contributed by atoms with Crippen LogP contribution in [0.4, 0.5) is 0 Å². The molecule has 5 heteroatoms. The Morgan fingerprint density at radius 3 is 1.95 bits per heavy atom. The molecule has 0 heterocycles. The molecule has 1 N–H and O–H groups in total. The van der Waals surface area contributed by atoms with Crippen molar-refractivity contribution >= 4 is 29.4 Å². The molecule has 0 unspecified atom stereocenters. The van der Waals surface area contributed by atoms with Gasteiger partial charge in [0.25, 0.3) is 0 Å². The lowest BCUT2D eigenvalue weighted by Gasteiger charge is -2.27. The molecule has 0 aliphatic carbocycles. The van der Waals surface area contributed by atoms with E-state index in [4.69, 9.17) is 11.6 Å². The van der Waals surface area contributed by atoms with Gasteiger partial charge >= 0.3 is 0 Å². The monoisotopic (exact) mass is 517 g/mol. The number of hydrogen-bond donors (Lipinski definition) is 1. The fraction of sp³-hybridized carbons (Fsp3) is 0.344. The van der Waals surface area contributed by atoms with Gasteiger partial charge in [-0.1, -0.05) is 89.5 Å². The molecule has 0 amide bonds. The van der Waals surface area contributed by atoms with Gasteiger partial charge in [-0.25, -0.2) is 0 Å². The average molecular weight is 518 g/mol. The van der Waals surface area contributed by atoms with Gasteiger partial charge in [-0.2, -0.15) is 0 Å². The Morgan fingerprint density at radius 2 is 1.41 bits per heavy atom. The second-order valence-corrected chi connectivity index (χ2v) is 12.0. The lowest BCUT2D eigenvalue weighted by atomic mass is 9.78. The number of benzene rings is 3. The summed E-state index contributed by atoms with van der Waals surface area (Å²) in [5.74, 6) is 0.308. The van der Waals surface area contributed by atoms with E-state index in [1.165, 1.54) is 0 Å². The first-order valence-corrected chi connectivity index (χ1v) is 12.9. The van der Waals surface area contributed by atoms with Crippen LogP contribution in [-0.2, 0) is 28.5 Å². The highest BCUT2D eigenvalue weighted by Gasteiger charge is 2.26. The summed E-state index contributed by atoms with van der Waals surface area (Å²) in [6.45, 7) is 12.4. The van der Waals surface area contributed by atoms with Crippen molar-refractivity contribution in [1.82, 2.24) is 0 Å². The van der Waals surface area contributed by atoms with Crippen LogP contribution in [-0.4, -0.2) is 29.4 Å². The van der Waals surface area contributed by atoms with Crippen molar-refractivity contribution in [1.29, 1.82) is 0 Å². The molecule has 0 aromatic heterocycles. The number of hydrogen-bond acceptors (Lipinski definition) is 4. The van der Waals surface area contributed by atoms with E-state index in [1.54, 1.807) is 30.5 Å². The van der Waals surface area contributed by atoms with Gasteiger partial charge in [0, 0.05) is 40.8 Å². The van der Waals surface area contributed by atoms with Crippen molar-refractivity contribution in [2.24, 2.45) is 4.99 Å². The van der Waals surface area contributed by atoms with Gasteiger partial charge in [0.1, 0.15) is 18.1 Å². The number of phenols is 1. The van der Waals surface area contributed by atoms with Crippen molar-refractivity contribution in [3.05, 3.63) is 99.1 Å². The SMILES string of the molecule is CC(C)(C)c1cc(C=NCC(=O)c2ccc(CC(=O)Cc3cccc(Cl)c3)cc2)cc(C(C)(C)C)c1O. The van der Waals surface area contributed by atoms with Crippen molar-refractivity contribution in [3.8, 4) is 5.75 Å². The largest absolute Gasteiger partial charge is 0.507 e. The Kier molecular flexibility index (Phi) is 8.76. The summed E-state index contributed by atoms with van der Waals surface area (Å²) in [4.78, 5) is 29.5. The van der Waals surface area contributed by atoms with Crippen molar-refractivity contribution in [2.45, 2.75) is 65.2 Å². The van der Waals surface area contributed by atoms with Gasteiger partial charge in [0.15, 0.2) is 5.78 Å². The molecule has 3 aromatic rings. The maximum atomic E-state index is 12.7. The number of nitrogens with zero attached hydrogens (tertiary/aromatic N) is 1. The van der Waals surface area contributed by atoms with Crippen LogP contribution in [0.1, 0.15) is 79.7 Å². The number of Topliss-reactive ketones (excluding diaryl/α,β-unsaturated/α-hetero) is 2. The number of aromatic hydroxyl groups is 1. The Bertz CT molecular complexity index is 1270. The van der Waals surface area contributed by atoms with E-state index in [2.05, 4.69) is 46.5 Å². The number of carbonyl (C=O) groups is 2. The number of aliphatic imine (C=N–C) groups is 1. The van der Waals surface area contributed by atoms with Gasteiger partial charge in [-0.3, -0.25) is 14.6 Å². The first-order valence-electron chi connectivity index (χ1n) is 12.5. The molecule has 0 spiro atoms. The number of halogens is 1. The molecule has 0 atom stereocenters. The highest BCUT2D eigenvalue weighted by molar-refractivity contribution is 6.30. The minimum atomic E-state index is -0.235. The highest BCUT2D eigenvalue weighted by Crippen LogP contribution is 2.39. The molecular formula is C32H36ClNO3. The maximum Gasteiger partial charge on any atom is 0.184 e. The van der Waals surface area contributed by atoms with Gasteiger partial charge in [-0.05, 0) is 51.8 Å². The molecule has 3 aromatic carbocycles. The van der Waals surface area contributed by atoms with Crippen LogP contribution in [0.3, 0.4) is 0 Å². The van der Waals surface area contributed by atoms with Crippen molar-refractivity contribution in [3.63, 3.8) is 0 Å². The van der Waals surface area contributed by atoms with E-state index in [1.807, 2.05) is 36.4 Å². The van der Waals surface area contributed by atoms with Gasteiger partial charge in [-0.15, -0.1) is 0 Å². The highest BCUT2D eigenvalue weighted by atomic mass is 35.5. The van der Waals surface area contributed by atoms with Crippen LogP contribution in [0.25, 0.3) is 0 Å². The van der Waals surface area contributed by atoms with Crippen molar-refractivity contribution < 1.29 is 14.7 Å². The van der Waals surface area contributed by atoms with E-state index in [9.17, 15) is 14.7 Å². The Morgan fingerprint density at radius 1 is 0.838 bits per heavy atom. The van der Waals surface area contributed by atoms with E-state index >= 15 is 0 Å². The van der Waals surface area contributed by atoms with E-state index in [0.717, 1.165) is 27.8 Å². The molecule has 0 aliphatic heterocycles. The smallest absolute Gasteiger partial charge is 0.184 e. The summed E-state index contributed by atoms with van der Waals surface area (Å²) >= 11 is 6.00. The van der Waals surface area contributed by atoms with E-state index in [0.29, 0.717) is 29.2 Å². The zero-order valence-corrected chi connectivity index (χ0v) is 23.3. The van der Waals surface area contributed by atoms with Crippen LogP contribution in [0.5, 0.6) is 5.75 Å². The normalized spacial score (nSPS) is 12.2. The first-order chi connectivity index (χ1) is 17.2. The minimum Gasteiger partial charge on any atom is -0.507 e. The molecule has 0 saturated carbocycles. The summed E-state index contributed by atoms with van der Waals surface area (Å²) in [7, 11) is 0. The molecular weight excluding hydrogens is 482 g/mol. The fourth-order valence-electron chi connectivity index (χ4n) is 4.17. The molecule has 4 nitrogen and oxygen atoms in total. The van der Waals surface area contributed by atoms with Crippen LogP contribution in [0, 0.1) is 0 Å². The van der Waals surface area contributed by atoms with Crippen LogP contribution >= 0.6 is 11.6 Å². The standard InChI is InChI=1S/C32H36ClNO3/c1-31(2,3)27-17-23(18-28(30(27)37)32(4,5)6)19-34-20-29(36)24-12-10-21(11-13-24)15-26(35)16-22-8-7-9-25(33)14-22/h7-14,17-19,37H,15-16,20H2,1-6H3. The number of ketones is 2. The Hall–Kier alpha value is -3.24. The third-order valence-electron chi connectivity index (χ3n) is 6.19. The van der Waals surface area contributed by atoms with Crippen LogP contribution in [0.15, 0.2) is 65.7 Å². The lowest BCUT2D eigenvalue weighted by molar-refractivity contribution is -0.117. The topological polar surface area (TPSA) is 66.7 Å². The minimum absolute atomic E-state index is 0.0175. The average Bonchev–Trinajstić information content (AvgIpc) is 2.78. The summed E-state index contributed by atoms with van der Waals surface area (Å²) in [6.07, 6.45) is 2.32. The fourth-order valence-corrected chi connectivity index (χ4v) is 4.39. The second kappa shape index (κ2) is 11.4. The third kappa shape index (κ3) is 7.87. The Balaban J connectivity index is 1.66. The third-order valence-corrected chi connectivity index (χ3v) is 6.43. The first kappa shape index (κ1) is 28.3. The molecule has 0 aliphatic rings. The molecule has 0 radical (unpaired) electrons. The zero-order chi connectivity index (χ0) is 27.4. The Labute approximate surface area is 225 Å². The van der Waals surface area contributed by atoms with Gasteiger partial charge < -0.3 is 5.11 Å². The van der Waals surface area contributed by atoms with E-state index in [-0.39, 0.29) is 28.9 Å². The number of carbonyl (C=O) groups excluding carboxylic acids is 2. The summed E-state index contributed by atoms with van der Waals surface area (Å²) in [6, 6.07) is 18.3. The molecule has 3 rings (SSSR count). The summed E-state index contributed by atoms with van der Waals surface area (Å²) in [5, 5.41) is 11.5. The maximum absolute atomic E-state index is 12.7. The van der Waals surface area contributed by atoms with E-state index < -0.39 is 0 Å². The second-order valence-electron chi connectivity index (χ2n) is 11.6. The predicted octanol–water partition coefficient (Wildman–Crippen LogP) is 7.30. The summed E-state index contributed by atoms with van der Waals surface area (Å²) in [5.41, 5.74) is 4.40. The van der Waals surface area contributed by atoms with Gasteiger partial charge in [0.05, 0.1) is 0 Å². The number of phenolic OH excluding ortho intramolecular Hbond substituents is 1.